The number of carboxylic acid groups (broad SMARTS) is 1. The number of pyridine rings is 1. The van der Waals surface area contributed by atoms with Gasteiger partial charge in [-0.05, 0) is 25.0 Å². The van der Waals surface area contributed by atoms with Crippen LogP contribution >= 0.6 is 0 Å². The Labute approximate surface area is 105 Å². The number of aliphatic carboxylic acids is 1. The second-order valence-corrected chi connectivity index (χ2v) is 4.54. The van der Waals surface area contributed by atoms with Crippen LogP contribution in [0.5, 0.6) is 0 Å². The Bertz CT molecular complexity index is 433. The highest BCUT2D eigenvalue weighted by molar-refractivity contribution is 5.94. The third kappa shape index (κ3) is 2.85. The van der Waals surface area contributed by atoms with Crippen molar-refractivity contribution in [2.24, 2.45) is 11.8 Å². The highest BCUT2D eigenvalue weighted by Gasteiger charge is 2.35. The predicted molar refractivity (Wildman–Crippen MR) is 66.0 cm³/mol. The van der Waals surface area contributed by atoms with Gasteiger partial charge in [-0.2, -0.15) is 0 Å². The summed E-state index contributed by atoms with van der Waals surface area (Å²) in [6, 6.07) is 5.23. The van der Waals surface area contributed by atoms with Gasteiger partial charge in [0, 0.05) is 6.20 Å². The molecule has 1 heterocycles. The largest absolute Gasteiger partial charge is 0.481 e. The van der Waals surface area contributed by atoms with E-state index in [1.807, 2.05) is 0 Å². The highest BCUT2D eigenvalue weighted by Crippen LogP contribution is 2.31. The van der Waals surface area contributed by atoms with Gasteiger partial charge in [-0.3, -0.25) is 9.59 Å². The van der Waals surface area contributed by atoms with E-state index in [4.69, 9.17) is 5.11 Å². The Kier molecular flexibility index (Phi) is 3.92. The van der Waals surface area contributed by atoms with Crippen molar-refractivity contribution in [1.82, 2.24) is 4.98 Å². The lowest BCUT2D eigenvalue weighted by atomic mass is 9.79. The minimum Gasteiger partial charge on any atom is -0.481 e. The fraction of sp³-hybridized carbons (Fsp3) is 0.462. The van der Waals surface area contributed by atoms with Gasteiger partial charge in [0.15, 0.2) is 0 Å². The molecule has 1 saturated carbocycles. The molecule has 0 radical (unpaired) electrons. The van der Waals surface area contributed by atoms with Crippen molar-refractivity contribution in [1.29, 1.82) is 0 Å². The number of nitrogens with zero attached hydrogens (tertiary/aromatic N) is 1. The molecule has 0 spiro atoms. The van der Waals surface area contributed by atoms with Crippen molar-refractivity contribution in [2.75, 3.05) is 5.32 Å². The molecule has 0 saturated heterocycles. The first kappa shape index (κ1) is 12.5. The lowest BCUT2D eigenvalue weighted by Gasteiger charge is -2.27. The molecule has 5 nitrogen and oxygen atoms in total. The molecule has 1 aromatic rings. The van der Waals surface area contributed by atoms with Gasteiger partial charge in [-0.1, -0.05) is 18.9 Å². The second kappa shape index (κ2) is 5.62. The van der Waals surface area contributed by atoms with Gasteiger partial charge in [0.1, 0.15) is 5.82 Å². The molecule has 0 aliphatic heterocycles. The van der Waals surface area contributed by atoms with Gasteiger partial charge >= 0.3 is 5.97 Å². The van der Waals surface area contributed by atoms with Gasteiger partial charge in [-0.25, -0.2) is 4.98 Å². The summed E-state index contributed by atoms with van der Waals surface area (Å²) in [6.45, 7) is 0. The molecule has 2 N–H and O–H groups in total. The molecule has 1 fully saturated rings. The van der Waals surface area contributed by atoms with Crippen molar-refractivity contribution < 1.29 is 14.7 Å². The first-order chi connectivity index (χ1) is 8.68. The number of carbonyl (C=O) groups is 2. The van der Waals surface area contributed by atoms with Crippen LogP contribution in [0.25, 0.3) is 0 Å². The molecule has 1 aliphatic carbocycles. The molecular weight excluding hydrogens is 232 g/mol. The van der Waals surface area contributed by atoms with E-state index < -0.39 is 17.8 Å². The molecular formula is C13H16N2O3. The van der Waals surface area contributed by atoms with Crippen LogP contribution in [0, 0.1) is 11.8 Å². The monoisotopic (exact) mass is 248 g/mol. The van der Waals surface area contributed by atoms with E-state index in [1.165, 1.54) is 0 Å². The first-order valence-electron chi connectivity index (χ1n) is 6.13. The lowest BCUT2D eigenvalue weighted by molar-refractivity contribution is -0.147. The maximum atomic E-state index is 12.1. The maximum absolute atomic E-state index is 12.1. The van der Waals surface area contributed by atoms with Crippen LogP contribution in [0.4, 0.5) is 5.82 Å². The van der Waals surface area contributed by atoms with Crippen LogP contribution in [-0.2, 0) is 9.59 Å². The Morgan fingerprint density at radius 1 is 1.22 bits per heavy atom. The average molecular weight is 248 g/mol. The molecule has 1 aliphatic rings. The van der Waals surface area contributed by atoms with Crippen LogP contribution in [0.3, 0.4) is 0 Å². The smallest absolute Gasteiger partial charge is 0.307 e. The first-order valence-corrected chi connectivity index (χ1v) is 6.13. The number of nitrogens with one attached hydrogen (secondary N) is 1. The molecule has 0 bridgehead atoms. The average Bonchev–Trinajstić information content (AvgIpc) is 2.40. The molecule has 0 unspecified atom stereocenters. The van der Waals surface area contributed by atoms with E-state index >= 15 is 0 Å². The van der Waals surface area contributed by atoms with Crippen LogP contribution in [0.15, 0.2) is 24.4 Å². The summed E-state index contributed by atoms with van der Waals surface area (Å²) in [6.07, 6.45) is 4.59. The van der Waals surface area contributed by atoms with Gasteiger partial charge in [0.05, 0.1) is 11.8 Å². The highest BCUT2D eigenvalue weighted by atomic mass is 16.4. The summed E-state index contributed by atoms with van der Waals surface area (Å²) in [5, 5.41) is 11.8. The van der Waals surface area contributed by atoms with E-state index in [-0.39, 0.29) is 5.91 Å². The topological polar surface area (TPSA) is 79.3 Å². The predicted octanol–water partition coefficient (Wildman–Crippen LogP) is 1.91. The normalized spacial score (nSPS) is 23.3. The zero-order valence-corrected chi connectivity index (χ0v) is 10.0. The van der Waals surface area contributed by atoms with Crippen molar-refractivity contribution in [2.45, 2.75) is 25.7 Å². The number of anilines is 1. The molecule has 1 amide bonds. The molecule has 0 aromatic carbocycles. The minimum absolute atomic E-state index is 0.235. The maximum Gasteiger partial charge on any atom is 0.307 e. The van der Waals surface area contributed by atoms with Crippen LogP contribution in [-0.4, -0.2) is 22.0 Å². The standard InChI is InChI=1S/C13H16N2O3/c16-12(15-11-7-3-4-8-14-11)9-5-1-2-6-10(9)13(17)18/h3-4,7-10H,1-2,5-6H2,(H,17,18)(H,14,15,16)/t9-,10+/m0/s1. The molecule has 96 valence electrons. The number of amides is 1. The molecule has 18 heavy (non-hydrogen) atoms. The number of hydrogen-bond donors (Lipinski definition) is 2. The van der Waals surface area contributed by atoms with E-state index in [0.29, 0.717) is 18.7 Å². The molecule has 2 rings (SSSR count). The fourth-order valence-electron chi connectivity index (χ4n) is 2.40. The van der Waals surface area contributed by atoms with E-state index in [2.05, 4.69) is 10.3 Å². The number of hydrogen-bond acceptors (Lipinski definition) is 3. The van der Waals surface area contributed by atoms with E-state index in [1.54, 1.807) is 24.4 Å². The zero-order valence-electron chi connectivity index (χ0n) is 10.0. The summed E-state index contributed by atoms with van der Waals surface area (Å²) in [5.41, 5.74) is 0. The molecule has 5 heteroatoms. The van der Waals surface area contributed by atoms with Gasteiger partial charge in [-0.15, -0.1) is 0 Å². The summed E-state index contributed by atoms with van der Waals surface area (Å²) < 4.78 is 0. The van der Waals surface area contributed by atoms with E-state index in [0.717, 1.165) is 12.8 Å². The van der Waals surface area contributed by atoms with Gasteiger partial charge < -0.3 is 10.4 Å². The second-order valence-electron chi connectivity index (χ2n) is 4.54. The third-order valence-electron chi connectivity index (χ3n) is 3.34. The van der Waals surface area contributed by atoms with Gasteiger partial charge in [0.2, 0.25) is 5.91 Å². The Hall–Kier alpha value is -1.91. The third-order valence-corrected chi connectivity index (χ3v) is 3.34. The Morgan fingerprint density at radius 3 is 2.56 bits per heavy atom. The van der Waals surface area contributed by atoms with Crippen molar-refractivity contribution in [3.8, 4) is 0 Å². The van der Waals surface area contributed by atoms with Crippen LogP contribution in [0.1, 0.15) is 25.7 Å². The van der Waals surface area contributed by atoms with Crippen molar-refractivity contribution in [3.05, 3.63) is 24.4 Å². The summed E-state index contributed by atoms with van der Waals surface area (Å²) in [5.74, 6) is -1.66. The number of rotatable bonds is 3. The number of carbonyl (C=O) groups excluding carboxylic acids is 1. The quantitative estimate of drug-likeness (QED) is 0.856. The van der Waals surface area contributed by atoms with Gasteiger partial charge in [0.25, 0.3) is 0 Å². The summed E-state index contributed by atoms with van der Waals surface area (Å²) in [4.78, 5) is 27.2. The zero-order chi connectivity index (χ0) is 13.0. The lowest BCUT2D eigenvalue weighted by Crippen LogP contribution is -2.36. The van der Waals surface area contributed by atoms with Crippen LogP contribution < -0.4 is 5.32 Å². The van der Waals surface area contributed by atoms with Crippen molar-refractivity contribution >= 4 is 17.7 Å². The molecule has 1 aromatic heterocycles. The fourth-order valence-corrected chi connectivity index (χ4v) is 2.40. The Balaban J connectivity index is 2.05. The minimum atomic E-state index is -0.879. The van der Waals surface area contributed by atoms with Crippen molar-refractivity contribution in [3.63, 3.8) is 0 Å². The Morgan fingerprint density at radius 2 is 1.94 bits per heavy atom. The number of carboxylic acids is 1. The van der Waals surface area contributed by atoms with Crippen LogP contribution in [0.2, 0.25) is 0 Å². The molecule has 2 atom stereocenters. The summed E-state index contributed by atoms with van der Waals surface area (Å²) >= 11 is 0. The number of aromatic nitrogens is 1. The summed E-state index contributed by atoms with van der Waals surface area (Å²) in [7, 11) is 0. The van der Waals surface area contributed by atoms with E-state index in [9.17, 15) is 9.59 Å². The SMILES string of the molecule is O=C(Nc1ccccn1)[C@H]1CCCC[C@H]1C(=O)O.